The molecule has 0 saturated carbocycles. The van der Waals surface area contributed by atoms with Crippen LogP contribution in [0, 0.1) is 0 Å². The van der Waals surface area contributed by atoms with Crippen LogP contribution in [0.4, 0.5) is 0 Å². The van der Waals surface area contributed by atoms with E-state index in [-0.39, 0.29) is 5.91 Å². The average Bonchev–Trinajstić information content (AvgIpc) is 3.16. The van der Waals surface area contributed by atoms with Crippen LogP contribution in [-0.4, -0.2) is 44.4 Å². The lowest BCUT2D eigenvalue weighted by molar-refractivity contribution is -0.132. The van der Waals surface area contributed by atoms with Gasteiger partial charge in [-0.05, 0) is 29.8 Å². The second-order valence-electron chi connectivity index (χ2n) is 6.52. The van der Waals surface area contributed by atoms with Gasteiger partial charge in [0.1, 0.15) is 23.8 Å². The molecular weight excluding hydrogens is 358 g/mol. The zero-order valence-electron chi connectivity index (χ0n) is 15.6. The maximum Gasteiger partial charge on any atom is 0.227 e. The van der Waals surface area contributed by atoms with Crippen LogP contribution in [0.15, 0.2) is 48.8 Å². The predicted octanol–water partition coefficient (Wildman–Crippen LogP) is 1.85. The van der Waals surface area contributed by atoms with E-state index in [0.717, 1.165) is 22.7 Å². The van der Waals surface area contributed by atoms with Crippen LogP contribution in [0.3, 0.4) is 0 Å². The Labute approximate surface area is 162 Å². The molecule has 1 amide bonds. The van der Waals surface area contributed by atoms with Crippen LogP contribution in [0.2, 0.25) is 0 Å². The fourth-order valence-corrected chi connectivity index (χ4v) is 3.14. The number of benzene rings is 1. The first-order chi connectivity index (χ1) is 13.7. The van der Waals surface area contributed by atoms with Crippen molar-refractivity contribution in [1.82, 2.24) is 24.9 Å². The molecule has 1 aliphatic rings. The summed E-state index contributed by atoms with van der Waals surface area (Å²) in [6.07, 6.45) is 3.70. The first kappa shape index (κ1) is 18.0. The first-order valence-electron chi connectivity index (χ1n) is 9.07. The van der Waals surface area contributed by atoms with Crippen LogP contribution in [0.5, 0.6) is 11.5 Å². The second-order valence-corrected chi connectivity index (χ2v) is 6.52. The third-order valence-electron chi connectivity index (χ3n) is 4.72. The molecule has 0 unspecified atom stereocenters. The predicted molar refractivity (Wildman–Crippen MR) is 101 cm³/mol. The number of nitrogens with zero attached hydrogens (tertiary/aromatic N) is 5. The highest BCUT2D eigenvalue weighted by molar-refractivity contribution is 5.78. The van der Waals surface area contributed by atoms with Gasteiger partial charge in [0.05, 0.1) is 38.5 Å². The van der Waals surface area contributed by atoms with Gasteiger partial charge in [-0.15, -0.1) is 5.10 Å². The molecule has 0 saturated heterocycles. The summed E-state index contributed by atoms with van der Waals surface area (Å²) in [5.74, 6) is 1.53. The van der Waals surface area contributed by atoms with Gasteiger partial charge in [-0.2, -0.15) is 0 Å². The van der Waals surface area contributed by atoms with Crippen molar-refractivity contribution < 1.29 is 14.3 Å². The van der Waals surface area contributed by atoms with Gasteiger partial charge in [0.15, 0.2) is 0 Å². The van der Waals surface area contributed by atoms with E-state index >= 15 is 0 Å². The van der Waals surface area contributed by atoms with Crippen LogP contribution < -0.4 is 9.47 Å². The maximum absolute atomic E-state index is 12.7. The quantitative estimate of drug-likeness (QED) is 0.650. The summed E-state index contributed by atoms with van der Waals surface area (Å²) in [6.45, 7) is 2.02. The van der Waals surface area contributed by atoms with E-state index < -0.39 is 0 Å². The molecule has 28 heavy (non-hydrogen) atoms. The molecule has 0 fully saturated rings. The van der Waals surface area contributed by atoms with Gasteiger partial charge >= 0.3 is 0 Å². The van der Waals surface area contributed by atoms with Crippen LogP contribution in [0.25, 0.3) is 0 Å². The lowest BCUT2D eigenvalue weighted by atomic mass is 10.1. The molecule has 4 rings (SSSR count). The monoisotopic (exact) mass is 379 g/mol. The van der Waals surface area contributed by atoms with Gasteiger partial charge in [0.2, 0.25) is 5.91 Å². The van der Waals surface area contributed by atoms with Crippen molar-refractivity contribution in [3.05, 3.63) is 65.7 Å². The Bertz CT molecular complexity index is 940. The Morgan fingerprint density at radius 3 is 2.75 bits per heavy atom. The molecule has 3 heterocycles. The van der Waals surface area contributed by atoms with E-state index in [0.29, 0.717) is 38.4 Å². The van der Waals surface area contributed by atoms with Gasteiger partial charge in [0.25, 0.3) is 0 Å². The number of methoxy groups -OCH3 is 1. The molecule has 0 aliphatic carbocycles. The van der Waals surface area contributed by atoms with E-state index in [2.05, 4.69) is 15.3 Å². The number of ether oxygens (including phenoxy) is 2. The largest absolute Gasteiger partial charge is 0.497 e. The summed E-state index contributed by atoms with van der Waals surface area (Å²) in [5.41, 5.74) is 2.62. The minimum atomic E-state index is 0.0803. The zero-order chi connectivity index (χ0) is 19.3. The molecule has 3 aromatic rings. The standard InChI is InChI=1S/C20H21N5O3/c1-27-16-6-4-15(5-7-16)11-20(26)24-9-10-25-19(13-24)18(22-23-25)14-28-17-3-2-8-21-12-17/h2-8,12H,9-11,13-14H2,1H3. The van der Waals surface area contributed by atoms with Gasteiger partial charge in [-0.3, -0.25) is 9.78 Å². The maximum atomic E-state index is 12.7. The summed E-state index contributed by atoms with van der Waals surface area (Å²) in [7, 11) is 1.63. The van der Waals surface area contributed by atoms with Gasteiger partial charge < -0.3 is 14.4 Å². The lowest BCUT2D eigenvalue weighted by Gasteiger charge is -2.28. The van der Waals surface area contributed by atoms with Crippen LogP contribution in [0.1, 0.15) is 17.0 Å². The second kappa shape index (κ2) is 8.08. The fraction of sp³-hybridized carbons (Fsp3) is 0.300. The van der Waals surface area contributed by atoms with Crippen LogP contribution >= 0.6 is 0 Å². The van der Waals surface area contributed by atoms with Gasteiger partial charge in [-0.25, -0.2) is 4.68 Å². The lowest BCUT2D eigenvalue weighted by Crippen LogP contribution is -2.39. The SMILES string of the molecule is COc1ccc(CC(=O)N2CCn3nnc(COc4cccnc4)c3C2)cc1. The molecular formula is C20H21N5O3. The van der Waals surface area contributed by atoms with Crippen molar-refractivity contribution in [3.8, 4) is 11.5 Å². The highest BCUT2D eigenvalue weighted by Crippen LogP contribution is 2.19. The van der Waals surface area contributed by atoms with Gasteiger partial charge in [-0.1, -0.05) is 17.3 Å². The summed E-state index contributed by atoms with van der Waals surface area (Å²) < 4.78 is 12.7. The van der Waals surface area contributed by atoms with Crippen molar-refractivity contribution in [2.75, 3.05) is 13.7 Å². The number of amides is 1. The number of pyridine rings is 1. The van der Waals surface area contributed by atoms with Crippen molar-refractivity contribution in [2.24, 2.45) is 0 Å². The Morgan fingerprint density at radius 2 is 2.00 bits per heavy atom. The smallest absolute Gasteiger partial charge is 0.227 e. The minimum absolute atomic E-state index is 0.0803. The number of hydrogen-bond acceptors (Lipinski definition) is 6. The molecule has 1 aromatic carbocycles. The van der Waals surface area contributed by atoms with E-state index in [1.165, 1.54) is 0 Å². The molecule has 0 bridgehead atoms. The molecule has 0 spiro atoms. The zero-order valence-corrected chi connectivity index (χ0v) is 15.6. The molecule has 8 nitrogen and oxygen atoms in total. The van der Waals surface area contributed by atoms with E-state index in [9.17, 15) is 4.79 Å². The summed E-state index contributed by atoms with van der Waals surface area (Å²) in [6, 6.07) is 11.2. The van der Waals surface area contributed by atoms with Crippen molar-refractivity contribution >= 4 is 5.91 Å². The number of aromatic nitrogens is 4. The molecule has 1 aliphatic heterocycles. The molecule has 0 N–H and O–H groups in total. The number of hydrogen-bond donors (Lipinski definition) is 0. The summed E-state index contributed by atoms with van der Waals surface area (Å²) in [4.78, 5) is 18.6. The fourth-order valence-electron chi connectivity index (χ4n) is 3.14. The number of carbonyl (C=O) groups excluding carboxylic acids is 1. The molecule has 0 atom stereocenters. The number of carbonyl (C=O) groups is 1. The molecule has 0 radical (unpaired) electrons. The topological polar surface area (TPSA) is 82.4 Å². The third-order valence-corrected chi connectivity index (χ3v) is 4.72. The number of fused-ring (bicyclic) bond motifs is 1. The molecule has 8 heteroatoms. The first-order valence-corrected chi connectivity index (χ1v) is 9.07. The van der Waals surface area contributed by atoms with E-state index in [4.69, 9.17) is 9.47 Å². The van der Waals surface area contributed by atoms with Crippen molar-refractivity contribution in [3.63, 3.8) is 0 Å². The average molecular weight is 379 g/mol. The number of rotatable bonds is 6. The Hall–Kier alpha value is -3.42. The Kier molecular flexibility index (Phi) is 5.18. The minimum Gasteiger partial charge on any atom is -0.497 e. The van der Waals surface area contributed by atoms with E-state index in [1.807, 2.05) is 46.0 Å². The Balaban J connectivity index is 1.40. The summed E-state index contributed by atoms with van der Waals surface area (Å²) >= 11 is 0. The Morgan fingerprint density at radius 1 is 1.14 bits per heavy atom. The molecule has 144 valence electrons. The van der Waals surface area contributed by atoms with Crippen molar-refractivity contribution in [1.29, 1.82) is 0 Å². The van der Waals surface area contributed by atoms with Gasteiger partial charge in [0, 0.05) is 12.7 Å². The normalized spacial score (nSPS) is 13.1. The highest BCUT2D eigenvalue weighted by Gasteiger charge is 2.25. The van der Waals surface area contributed by atoms with Crippen molar-refractivity contribution in [2.45, 2.75) is 26.1 Å². The summed E-state index contributed by atoms with van der Waals surface area (Å²) in [5, 5.41) is 8.41. The highest BCUT2D eigenvalue weighted by atomic mass is 16.5. The third kappa shape index (κ3) is 3.95. The van der Waals surface area contributed by atoms with E-state index in [1.54, 1.807) is 19.5 Å². The van der Waals surface area contributed by atoms with Crippen LogP contribution in [-0.2, 0) is 30.9 Å². The molecule has 2 aromatic heterocycles.